The Hall–Kier alpha value is -0.843. The molecule has 0 aliphatic heterocycles. The van der Waals surface area contributed by atoms with E-state index >= 15 is 0 Å². The molecule has 0 aliphatic carbocycles. The third-order valence-corrected chi connectivity index (χ3v) is 12.1. The Morgan fingerprint density at radius 1 is 0.615 bits per heavy atom. The van der Waals surface area contributed by atoms with Gasteiger partial charge in [0.2, 0.25) is 16.6 Å². The van der Waals surface area contributed by atoms with Crippen molar-refractivity contribution in [2.24, 2.45) is 0 Å². The number of benzene rings is 2. The molecule has 0 aromatic heterocycles. The van der Waals surface area contributed by atoms with Crippen molar-refractivity contribution in [3.63, 3.8) is 0 Å². The third kappa shape index (κ3) is 9.33. The second kappa shape index (κ2) is 16.0. The van der Waals surface area contributed by atoms with Gasteiger partial charge in [0.25, 0.3) is 0 Å². The molecule has 39 heavy (non-hydrogen) atoms. The molecule has 0 fully saturated rings. The van der Waals surface area contributed by atoms with Gasteiger partial charge in [-0.1, -0.05) is 64.5 Å². The molecule has 0 spiro atoms. The average molecular weight is 679 g/mol. The van der Waals surface area contributed by atoms with Crippen LogP contribution in [0.2, 0.25) is 38.3 Å². The fraction of sp³-hybridized carbons (Fsp3) is 0.438. The van der Waals surface area contributed by atoms with Crippen LogP contribution in [0.1, 0.15) is 50.7 Å². The standard InChI is InChI=1S/C32H44O2Si2.2ClH.Zr/c1-7-9-21-35(3,4)33-31-23-25-15-11-13-17-27(25)29(31)19-20-30-28-18-14-12-16-26(28)24-32(30)34-36(5,6)22-10-8-2;;;/h11-18,23-24H,7-10,19-22H2,1-6H3;2*1H;/q-2;;;+4/p-2. The molecule has 4 rings (SSSR count). The first-order chi connectivity index (χ1) is 17.2. The molecular weight excluding hydrogens is 635 g/mol. The molecule has 4 aromatic carbocycles. The van der Waals surface area contributed by atoms with Crippen molar-refractivity contribution in [2.75, 3.05) is 0 Å². The molecule has 210 valence electrons. The number of halogens is 2. The van der Waals surface area contributed by atoms with Crippen LogP contribution >= 0.6 is 0 Å². The zero-order chi connectivity index (χ0) is 25.8. The summed E-state index contributed by atoms with van der Waals surface area (Å²) in [7, 11) is -3.55. The number of fused-ring (bicyclic) bond motifs is 2. The number of rotatable bonds is 13. The van der Waals surface area contributed by atoms with Gasteiger partial charge in [0.05, 0.1) is 0 Å². The normalized spacial score (nSPS) is 11.5. The van der Waals surface area contributed by atoms with Gasteiger partial charge in [-0.2, -0.15) is 0 Å². The van der Waals surface area contributed by atoms with Crippen LogP contribution in [-0.2, 0) is 39.0 Å². The Morgan fingerprint density at radius 3 is 1.33 bits per heavy atom. The van der Waals surface area contributed by atoms with Gasteiger partial charge in [0, 0.05) is 11.5 Å². The van der Waals surface area contributed by atoms with Crippen molar-refractivity contribution < 1.29 is 59.9 Å². The molecule has 4 aromatic rings. The Kier molecular flexibility index (Phi) is 14.8. The summed E-state index contributed by atoms with van der Waals surface area (Å²) in [6.45, 7) is 14.0. The van der Waals surface area contributed by atoms with Gasteiger partial charge in [-0.25, -0.2) is 0 Å². The first kappa shape index (κ1) is 36.2. The molecule has 0 unspecified atom stereocenters. The van der Waals surface area contributed by atoms with Crippen LogP contribution in [0.4, 0.5) is 0 Å². The van der Waals surface area contributed by atoms with Crippen molar-refractivity contribution in [3.8, 4) is 11.5 Å². The quantitative estimate of drug-likeness (QED) is 0.157. The van der Waals surface area contributed by atoms with Gasteiger partial charge in [0.1, 0.15) is 0 Å². The fourth-order valence-corrected chi connectivity index (χ4v) is 9.54. The van der Waals surface area contributed by atoms with E-state index in [-0.39, 0.29) is 51.0 Å². The van der Waals surface area contributed by atoms with Gasteiger partial charge in [0.15, 0.2) is 0 Å². The van der Waals surface area contributed by atoms with E-state index in [2.05, 4.69) is 101 Å². The zero-order valence-electron chi connectivity index (χ0n) is 24.5. The number of hydrogen-bond donors (Lipinski definition) is 0. The predicted octanol–water partition coefficient (Wildman–Crippen LogP) is 3.99. The minimum Gasteiger partial charge on any atom is -1.00 e. The van der Waals surface area contributed by atoms with Crippen LogP contribution in [0.25, 0.3) is 21.5 Å². The zero-order valence-corrected chi connectivity index (χ0v) is 30.5. The maximum Gasteiger partial charge on any atom is 4.00 e. The largest absolute Gasteiger partial charge is 4.00 e. The Balaban J connectivity index is 0.00000253. The van der Waals surface area contributed by atoms with E-state index in [9.17, 15) is 0 Å². The van der Waals surface area contributed by atoms with Crippen molar-refractivity contribution in [2.45, 2.75) is 90.6 Å². The molecule has 7 heteroatoms. The molecule has 0 N–H and O–H groups in total. The number of aryl methyl sites for hydroxylation is 2. The monoisotopic (exact) mass is 676 g/mol. The first-order valence-electron chi connectivity index (χ1n) is 14.0. The topological polar surface area (TPSA) is 18.5 Å². The summed E-state index contributed by atoms with van der Waals surface area (Å²) in [6.07, 6.45) is 6.85. The summed E-state index contributed by atoms with van der Waals surface area (Å²) in [5, 5.41) is 5.26. The summed E-state index contributed by atoms with van der Waals surface area (Å²) < 4.78 is 13.7. The second-order valence-corrected chi connectivity index (χ2v) is 20.0. The Labute approximate surface area is 270 Å². The van der Waals surface area contributed by atoms with Gasteiger partial charge in [-0.05, 0) is 38.3 Å². The van der Waals surface area contributed by atoms with E-state index in [0.29, 0.717) is 0 Å². The van der Waals surface area contributed by atoms with E-state index < -0.39 is 16.6 Å². The van der Waals surface area contributed by atoms with Crippen LogP contribution in [0.3, 0.4) is 0 Å². The van der Waals surface area contributed by atoms with Crippen molar-refractivity contribution in [1.82, 2.24) is 0 Å². The molecule has 0 radical (unpaired) electrons. The molecule has 0 bridgehead atoms. The Morgan fingerprint density at radius 2 is 0.974 bits per heavy atom. The van der Waals surface area contributed by atoms with E-state index in [1.807, 2.05) is 0 Å². The van der Waals surface area contributed by atoms with Crippen LogP contribution in [0.5, 0.6) is 11.5 Å². The van der Waals surface area contributed by atoms with Crippen LogP contribution in [0.15, 0.2) is 60.7 Å². The van der Waals surface area contributed by atoms with Crippen LogP contribution in [0, 0.1) is 0 Å². The molecule has 0 saturated heterocycles. The van der Waals surface area contributed by atoms with Crippen LogP contribution in [-0.4, -0.2) is 16.6 Å². The maximum atomic E-state index is 6.85. The fourth-order valence-electron chi connectivity index (χ4n) is 5.37. The molecule has 0 atom stereocenters. The molecule has 2 nitrogen and oxygen atoms in total. The SMILES string of the molecule is CCCC[Si](C)(C)Oc1[cH-]c2ccccc2c1CCc1c(O[Si](C)(C)CCCC)[cH-]c2ccccc12.[Cl-].[Cl-].[Zr+4]. The van der Waals surface area contributed by atoms with Crippen LogP contribution < -0.4 is 33.7 Å². The second-order valence-electron chi connectivity index (χ2n) is 11.6. The first-order valence-corrected chi connectivity index (χ1v) is 20.2. The Bertz CT molecular complexity index is 1200. The van der Waals surface area contributed by atoms with E-state index in [0.717, 1.165) is 24.3 Å². The minimum absolute atomic E-state index is 0. The van der Waals surface area contributed by atoms with E-state index in [1.165, 1.54) is 70.4 Å². The van der Waals surface area contributed by atoms with Crippen molar-refractivity contribution in [1.29, 1.82) is 0 Å². The molecule has 0 amide bonds. The number of unbranched alkanes of at least 4 members (excludes halogenated alkanes) is 2. The summed E-state index contributed by atoms with van der Waals surface area (Å²) in [6, 6.07) is 24.5. The molecule has 0 saturated carbocycles. The molecule has 0 heterocycles. The summed E-state index contributed by atoms with van der Waals surface area (Å²) in [5.41, 5.74) is 2.72. The predicted molar refractivity (Wildman–Crippen MR) is 162 cm³/mol. The van der Waals surface area contributed by atoms with Crippen molar-refractivity contribution >= 4 is 38.2 Å². The molecular formula is C32H44Cl2O2Si2Zr. The third-order valence-electron chi connectivity index (χ3n) is 7.40. The van der Waals surface area contributed by atoms with Gasteiger partial charge in [-0.15, -0.1) is 81.2 Å². The van der Waals surface area contributed by atoms with Crippen molar-refractivity contribution in [3.05, 3.63) is 71.8 Å². The maximum absolute atomic E-state index is 6.85. The van der Waals surface area contributed by atoms with Gasteiger partial charge in [-0.3, -0.25) is 0 Å². The summed E-state index contributed by atoms with van der Waals surface area (Å²) in [4.78, 5) is 0. The van der Waals surface area contributed by atoms with E-state index in [1.54, 1.807) is 0 Å². The van der Waals surface area contributed by atoms with Gasteiger partial charge >= 0.3 is 26.2 Å². The molecule has 0 aliphatic rings. The average Bonchev–Trinajstić information content (AvgIpc) is 3.36. The number of hydrogen-bond acceptors (Lipinski definition) is 2. The van der Waals surface area contributed by atoms with E-state index in [4.69, 9.17) is 8.85 Å². The minimum atomic E-state index is -1.77. The summed E-state index contributed by atoms with van der Waals surface area (Å²) in [5.74, 6) is 2.22. The summed E-state index contributed by atoms with van der Waals surface area (Å²) >= 11 is 0. The van der Waals surface area contributed by atoms with Gasteiger partial charge < -0.3 is 33.7 Å². The smallest absolute Gasteiger partial charge is 1.00 e.